The van der Waals surface area contributed by atoms with Gasteiger partial charge < -0.3 is 5.32 Å². The Balaban J connectivity index is 1.30. The van der Waals surface area contributed by atoms with Gasteiger partial charge in [-0.1, -0.05) is 0 Å². The van der Waals surface area contributed by atoms with E-state index in [-0.39, 0.29) is 11.4 Å². The predicted octanol–water partition coefficient (Wildman–Crippen LogP) is 4.02. The molecular weight excluding hydrogens is 395 g/mol. The molecule has 9 heteroatoms. The number of nitrogens with one attached hydrogen (secondary N) is 1. The first-order chi connectivity index (χ1) is 14.3. The lowest BCUT2D eigenvalue weighted by molar-refractivity contribution is -0.141. The van der Waals surface area contributed by atoms with E-state index in [0.717, 1.165) is 35.1 Å². The molecule has 0 aliphatic heterocycles. The SMILES string of the molecule is O=C(NCCC12CC3CC(CC(C3)C1)C2)c1cn(-c2ncccn2)nc1C(F)(F)F. The second-order valence-corrected chi connectivity index (χ2v) is 9.31. The number of aromatic nitrogens is 4. The normalized spacial score (nSPS) is 29.9. The number of hydrogen-bond donors (Lipinski definition) is 1. The first-order valence-electron chi connectivity index (χ1n) is 10.5. The molecule has 1 N–H and O–H groups in total. The van der Waals surface area contributed by atoms with Gasteiger partial charge in [-0.25, -0.2) is 14.6 Å². The Bertz CT molecular complexity index is 905. The van der Waals surface area contributed by atoms with E-state index in [2.05, 4.69) is 20.4 Å². The molecule has 0 radical (unpaired) electrons. The van der Waals surface area contributed by atoms with Crippen LogP contribution in [-0.4, -0.2) is 32.2 Å². The summed E-state index contributed by atoms with van der Waals surface area (Å²) in [7, 11) is 0. The molecule has 0 atom stereocenters. The number of carbonyl (C=O) groups is 1. The zero-order valence-corrected chi connectivity index (χ0v) is 16.5. The van der Waals surface area contributed by atoms with Crippen molar-refractivity contribution in [3.8, 4) is 5.95 Å². The first kappa shape index (κ1) is 19.5. The minimum atomic E-state index is -4.74. The highest BCUT2D eigenvalue weighted by molar-refractivity contribution is 5.95. The van der Waals surface area contributed by atoms with Crippen LogP contribution in [0.1, 0.15) is 61.0 Å². The van der Waals surface area contributed by atoms with Crippen molar-refractivity contribution in [2.24, 2.45) is 23.2 Å². The van der Waals surface area contributed by atoms with Gasteiger partial charge in [-0.3, -0.25) is 4.79 Å². The number of carbonyl (C=O) groups excluding carboxylic acids is 1. The van der Waals surface area contributed by atoms with Gasteiger partial charge in [-0.05, 0) is 74.2 Å². The number of nitrogens with zero attached hydrogens (tertiary/aromatic N) is 4. The minimum absolute atomic E-state index is 0.0179. The van der Waals surface area contributed by atoms with Crippen molar-refractivity contribution >= 4 is 5.91 Å². The van der Waals surface area contributed by atoms with E-state index >= 15 is 0 Å². The maximum absolute atomic E-state index is 13.5. The molecule has 6 nitrogen and oxygen atoms in total. The monoisotopic (exact) mass is 419 g/mol. The molecule has 160 valence electrons. The number of alkyl halides is 3. The number of amides is 1. The zero-order chi connectivity index (χ0) is 20.9. The van der Waals surface area contributed by atoms with Crippen molar-refractivity contribution < 1.29 is 18.0 Å². The van der Waals surface area contributed by atoms with Crippen LogP contribution < -0.4 is 5.32 Å². The molecule has 30 heavy (non-hydrogen) atoms. The third-order valence-electron chi connectivity index (χ3n) is 7.09. The molecule has 4 fully saturated rings. The molecular formula is C21H24F3N5O. The van der Waals surface area contributed by atoms with Gasteiger partial charge in [0.25, 0.3) is 5.91 Å². The molecule has 2 aromatic rings. The summed E-state index contributed by atoms with van der Waals surface area (Å²) in [5, 5.41) is 6.26. The van der Waals surface area contributed by atoms with Crippen molar-refractivity contribution in [3.63, 3.8) is 0 Å². The highest BCUT2D eigenvalue weighted by atomic mass is 19.4. The summed E-state index contributed by atoms with van der Waals surface area (Å²) in [5.74, 6) is 1.62. The molecule has 0 spiro atoms. The Morgan fingerprint density at radius 1 is 1.10 bits per heavy atom. The summed E-state index contributed by atoms with van der Waals surface area (Å²) in [6.07, 6.45) is 7.56. The van der Waals surface area contributed by atoms with Crippen LogP contribution in [0, 0.1) is 23.2 Å². The zero-order valence-electron chi connectivity index (χ0n) is 16.5. The molecule has 0 aromatic carbocycles. The summed E-state index contributed by atoms with van der Waals surface area (Å²) in [5.41, 5.74) is -1.46. The van der Waals surface area contributed by atoms with Crippen LogP contribution in [0.15, 0.2) is 24.7 Å². The molecule has 2 heterocycles. The fraction of sp³-hybridized carbons (Fsp3) is 0.619. The van der Waals surface area contributed by atoms with Gasteiger partial charge in [0, 0.05) is 25.1 Å². The minimum Gasteiger partial charge on any atom is -0.352 e. The van der Waals surface area contributed by atoms with Crippen LogP contribution in [-0.2, 0) is 6.18 Å². The standard InChI is InChI=1S/C21H24F3N5O/c22-21(23,24)17-16(12-29(28-17)19-26-3-1-4-27-19)18(30)25-5-2-20-9-13-6-14(10-20)8-15(7-13)11-20/h1,3-4,12-15H,2,5-11H2,(H,25,30). The van der Waals surface area contributed by atoms with Crippen LogP contribution >= 0.6 is 0 Å². The Hall–Kier alpha value is -2.45. The lowest BCUT2D eigenvalue weighted by Crippen LogP contribution is -2.47. The Labute approximate surface area is 172 Å². The van der Waals surface area contributed by atoms with Gasteiger partial charge in [0.05, 0.1) is 5.56 Å². The summed E-state index contributed by atoms with van der Waals surface area (Å²) in [4.78, 5) is 20.4. The highest BCUT2D eigenvalue weighted by Crippen LogP contribution is 2.61. The van der Waals surface area contributed by atoms with Gasteiger partial charge in [-0.2, -0.15) is 18.3 Å². The van der Waals surface area contributed by atoms with Crippen molar-refractivity contribution in [1.82, 2.24) is 25.1 Å². The third kappa shape index (κ3) is 3.58. The van der Waals surface area contributed by atoms with Gasteiger partial charge in [-0.15, -0.1) is 0 Å². The molecule has 4 bridgehead atoms. The second-order valence-electron chi connectivity index (χ2n) is 9.31. The van der Waals surface area contributed by atoms with E-state index in [9.17, 15) is 18.0 Å². The molecule has 4 saturated carbocycles. The Kier molecular flexibility index (Phi) is 4.59. The molecule has 6 rings (SSSR count). The Morgan fingerprint density at radius 3 is 2.27 bits per heavy atom. The van der Waals surface area contributed by atoms with E-state index in [4.69, 9.17) is 0 Å². The molecule has 0 unspecified atom stereocenters. The Morgan fingerprint density at radius 2 is 1.70 bits per heavy atom. The van der Waals surface area contributed by atoms with Crippen LogP contribution in [0.5, 0.6) is 0 Å². The van der Waals surface area contributed by atoms with Crippen LogP contribution in [0.3, 0.4) is 0 Å². The lowest BCUT2D eigenvalue weighted by Gasteiger charge is -2.57. The summed E-state index contributed by atoms with van der Waals surface area (Å²) in [6, 6.07) is 1.55. The smallest absolute Gasteiger partial charge is 0.352 e. The van der Waals surface area contributed by atoms with E-state index in [0.29, 0.717) is 6.54 Å². The van der Waals surface area contributed by atoms with E-state index in [1.807, 2.05) is 0 Å². The maximum Gasteiger partial charge on any atom is 0.435 e. The lowest BCUT2D eigenvalue weighted by atomic mass is 9.49. The fourth-order valence-electron chi connectivity index (χ4n) is 6.39. The van der Waals surface area contributed by atoms with Gasteiger partial charge in [0.2, 0.25) is 5.95 Å². The highest BCUT2D eigenvalue weighted by Gasteiger charge is 2.50. The second kappa shape index (κ2) is 7.06. The molecule has 4 aliphatic carbocycles. The predicted molar refractivity (Wildman–Crippen MR) is 102 cm³/mol. The quantitative estimate of drug-likeness (QED) is 0.795. The first-order valence-corrected chi connectivity index (χ1v) is 10.5. The van der Waals surface area contributed by atoms with Gasteiger partial charge in [0.1, 0.15) is 0 Å². The molecule has 0 saturated heterocycles. The topological polar surface area (TPSA) is 72.7 Å². The van der Waals surface area contributed by atoms with E-state index in [1.54, 1.807) is 6.07 Å². The van der Waals surface area contributed by atoms with Gasteiger partial charge >= 0.3 is 6.18 Å². The summed E-state index contributed by atoms with van der Waals surface area (Å²) >= 11 is 0. The average Bonchev–Trinajstić information content (AvgIpc) is 3.13. The van der Waals surface area contributed by atoms with Crippen LogP contribution in [0.4, 0.5) is 13.2 Å². The molecule has 2 aromatic heterocycles. The van der Waals surface area contributed by atoms with E-state index < -0.39 is 23.3 Å². The van der Waals surface area contributed by atoms with Crippen LogP contribution in [0.25, 0.3) is 5.95 Å². The third-order valence-corrected chi connectivity index (χ3v) is 7.09. The number of halogens is 3. The van der Waals surface area contributed by atoms with E-state index in [1.165, 1.54) is 50.9 Å². The number of rotatable bonds is 5. The summed E-state index contributed by atoms with van der Waals surface area (Å²) < 4.78 is 41.3. The fourth-order valence-corrected chi connectivity index (χ4v) is 6.39. The van der Waals surface area contributed by atoms with Crippen LogP contribution in [0.2, 0.25) is 0 Å². The summed E-state index contributed by atoms with van der Waals surface area (Å²) in [6.45, 7) is 0.384. The number of hydrogen-bond acceptors (Lipinski definition) is 4. The maximum atomic E-state index is 13.5. The van der Waals surface area contributed by atoms with Crippen molar-refractivity contribution in [1.29, 1.82) is 0 Å². The largest absolute Gasteiger partial charge is 0.435 e. The van der Waals surface area contributed by atoms with Crippen molar-refractivity contribution in [2.75, 3.05) is 6.54 Å². The van der Waals surface area contributed by atoms with Crippen molar-refractivity contribution in [3.05, 3.63) is 35.9 Å². The molecule has 1 amide bonds. The average molecular weight is 419 g/mol. The van der Waals surface area contributed by atoms with Crippen molar-refractivity contribution in [2.45, 2.75) is 51.1 Å². The molecule has 4 aliphatic rings. The van der Waals surface area contributed by atoms with Gasteiger partial charge in [0.15, 0.2) is 5.69 Å².